The van der Waals surface area contributed by atoms with Gasteiger partial charge in [0.15, 0.2) is 0 Å². The van der Waals surface area contributed by atoms with Crippen molar-refractivity contribution in [2.24, 2.45) is 5.92 Å². The average molecular weight is 511 g/mol. The third kappa shape index (κ3) is 4.17. The van der Waals surface area contributed by atoms with E-state index in [1.807, 2.05) is 0 Å². The number of anilines is 2. The highest BCUT2D eigenvalue weighted by Crippen LogP contribution is 2.77. The molecule has 0 saturated heterocycles. The first-order valence-corrected chi connectivity index (χ1v) is 11.5. The molecule has 0 radical (unpaired) electrons. The standard InChI is InChI=1S/C25H20F3N5O4/c26-25(27,28)12-1-5-19(30-11-12)31-23(36)33-24-10-16(24)21(24)15-9-13(2-4-17(15)34)37-18-7-8-29-22-14(18)3-6-20(35)32-22/h1-2,4-5,7-9,11,16,21,34H,3,6,10H2,(H,29,32,35)(H2,30,31,33,36)/t16-,21+,24-/m0/s1. The summed E-state index contributed by atoms with van der Waals surface area (Å²) in [6.45, 7) is 0. The lowest BCUT2D eigenvalue weighted by atomic mass is 9.99. The van der Waals surface area contributed by atoms with Crippen molar-refractivity contribution < 1.29 is 32.6 Å². The van der Waals surface area contributed by atoms with Crippen LogP contribution in [0.5, 0.6) is 17.2 Å². The molecule has 2 aliphatic carbocycles. The monoisotopic (exact) mass is 511 g/mol. The number of fused-ring (bicyclic) bond motifs is 2. The Morgan fingerprint density at radius 3 is 2.73 bits per heavy atom. The Labute approximate surface area is 208 Å². The molecule has 3 atom stereocenters. The molecule has 2 saturated carbocycles. The molecule has 6 rings (SSSR count). The van der Waals surface area contributed by atoms with Crippen molar-refractivity contribution in [3.63, 3.8) is 0 Å². The van der Waals surface area contributed by atoms with Gasteiger partial charge in [-0.25, -0.2) is 14.8 Å². The Bertz CT molecular complexity index is 1430. The second kappa shape index (κ2) is 8.08. The van der Waals surface area contributed by atoms with Crippen molar-refractivity contribution in [3.8, 4) is 17.2 Å². The number of hydrogen-bond donors (Lipinski definition) is 4. The van der Waals surface area contributed by atoms with Crippen LogP contribution >= 0.6 is 0 Å². The summed E-state index contributed by atoms with van der Waals surface area (Å²) in [7, 11) is 0. The van der Waals surface area contributed by atoms with Gasteiger partial charge in [0.25, 0.3) is 0 Å². The molecular weight excluding hydrogens is 491 g/mol. The van der Waals surface area contributed by atoms with Gasteiger partial charge in [-0.1, -0.05) is 0 Å². The van der Waals surface area contributed by atoms with Gasteiger partial charge in [0.1, 0.15) is 28.9 Å². The van der Waals surface area contributed by atoms with E-state index in [4.69, 9.17) is 4.74 Å². The topological polar surface area (TPSA) is 125 Å². The largest absolute Gasteiger partial charge is 0.508 e. The summed E-state index contributed by atoms with van der Waals surface area (Å²) in [4.78, 5) is 32.0. The van der Waals surface area contributed by atoms with Gasteiger partial charge in [-0.2, -0.15) is 13.2 Å². The van der Waals surface area contributed by atoms with Crippen molar-refractivity contribution in [2.45, 2.75) is 36.9 Å². The molecule has 4 N–H and O–H groups in total. The van der Waals surface area contributed by atoms with E-state index in [1.165, 1.54) is 6.07 Å². The number of amides is 3. The van der Waals surface area contributed by atoms with E-state index in [1.54, 1.807) is 24.4 Å². The highest BCUT2D eigenvalue weighted by molar-refractivity contribution is 5.93. The third-order valence-corrected chi connectivity index (χ3v) is 7.02. The number of carbonyl (C=O) groups excluding carboxylic acids is 2. The number of nitrogens with one attached hydrogen (secondary N) is 3. The number of phenols is 1. The Morgan fingerprint density at radius 2 is 2.00 bits per heavy atom. The normalized spacial score (nSPS) is 23.3. The smallest absolute Gasteiger partial charge is 0.417 e. The Hall–Kier alpha value is -4.35. The summed E-state index contributed by atoms with van der Waals surface area (Å²) in [5.74, 6) is 1.46. The molecule has 2 fully saturated rings. The second-order valence-electron chi connectivity index (χ2n) is 9.34. The third-order valence-electron chi connectivity index (χ3n) is 7.02. The van der Waals surface area contributed by atoms with Crippen LogP contribution in [0.4, 0.5) is 29.6 Å². The molecule has 37 heavy (non-hydrogen) atoms. The fourth-order valence-electron chi connectivity index (χ4n) is 4.94. The quantitative estimate of drug-likeness (QED) is 0.398. The lowest BCUT2D eigenvalue weighted by Crippen LogP contribution is -2.36. The number of halogens is 3. The lowest BCUT2D eigenvalue weighted by molar-refractivity contribution is -0.137. The average Bonchev–Trinajstić information content (AvgIpc) is 3.70. The van der Waals surface area contributed by atoms with Gasteiger partial charge >= 0.3 is 12.2 Å². The number of pyridine rings is 2. The van der Waals surface area contributed by atoms with Gasteiger partial charge in [-0.15, -0.1) is 0 Å². The van der Waals surface area contributed by atoms with Crippen LogP contribution in [0.1, 0.15) is 35.4 Å². The van der Waals surface area contributed by atoms with Crippen LogP contribution in [-0.2, 0) is 17.4 Å². The molecule has 0 bridgehead atoms. The van der Waals surface area contributed by atoms with E-state index in [0.29, 0.717) is 48.3 Å². The van der Waals surface area contributed by atoms with Crippen LogP contribution in [0.2, 0.25) is 0 Å². The summed E-state index contributed by atoms with van der Waals surface area (Å²) in [5, 5.41) is 18.6. The summed E-state index contributed by atoms with van der Waals surface area (Å²) >= 11 is 0. The number of hydrogen-bond acceptors (Lipinski definition) is 6. The van der Waals surface area contributed by atoms with E-state index < -0.39 is 23.3 Å². The Morgan fingerprint density at radius 1 is 1.16 bits per heavy atom. The number of carbonyl (C=O) groups is 2. The fourth-order valence-corrected chi connectivity index (χ4v) is 4.94. The number of rotatable bonds is 5. The van der Waals surface area contributed by atoms with Crippen LogP contribution in [0.3, 0.4) is 0 Å². The van der Waals surface area contributed by atoms with Crippen molar-refractivity contribution >= 4 is 23.6 Å². The first-order chi connectivity index (χ1) is 17.6. The van der Waals surface area contributed by atoms with Crippen LogP contribution in [0, 0.1) is 5.92 Å². The maximum Gasteiger partial charge on any atom is 0.417 e. The van der Waals surface area contributed by atoms with E-state index in [9.17, 15) is 27.9 Å². The Kier molecular flexibility index (Phi) is 5.04. The van der Waals surface area contributed by atoms with E-state index >= 15 is 0 Å². The van der Waals surface area contributed by atoms with Crippen LogP contribution in [0.25, 0.3) is 0 Å². The number of aromatic hydroxyl groups is 1. The van der Waals surface area contributed by atoms with E-state index in [0.717, 1.165) is 17.7 Å². The summed E-state index contributed by atoms with van der Waals surface area (Å²) < 4.78 is 44.2. The molecule has 0 spiro atoms. The zero-order valence-corrected chi connectivity index (χ0v) is 19.1. The lowest BCUT2D eigenvalue weighted by Gasteiger charge is -2.20. The highest BCUT2D eigenvalue weighted by atomic mass is 19.4. The minimum Gasteiger partial charge on any atom is -0.508 e. The molecule has 12 heteroatoms. The minimum atomic E-state index is -4.51. The number of nitrogens with zero attached hydrogens (tertiary/aromatic N) is 2. The van der Waals surface area contributed by atoms with E-state index in [2.05, 4.69) is 25.9 Å². The molecule has 3 amide bonds. The molecule has 1 aliphatic heterocycles. The van der Waals surface area contributed by atoms with Gasteiger partial charge in [-0.3, -0.25) is 10.1 Å². The predicted molar refractivity (Wildman–Crippen MR) is 124 cm³/mol. The van der Waals surface area contributed by atoms with Crippen LogP contribution in [0.15, 0.2) is 48.8 Å². The van der Waals surface area contributed by atoms with Crippen LogP contribution in [-0.4, -0.2) is 32.6 Å². The molecule has 3 aromatic rings. The first kappa shape index (κ1) is 23.1. The van der Waals surface area contributed by atoms with Gasteiger partial charge in [0.2, 0.25) is 5.91 Å². The number of aromatic nitrogens is 2. The van der Waals surface area contributed by atoms with Gasteiger partial charge in [0.05, 0.1) is 11.1 Å². The summed E-state index contributed by atoms with van der Waals surface area (Å²) in [6, 6.07) is 7.93. The molecular formula is C25H20F3N5O4. The summed E-state index contributed by atoms with van der Waals surface area (Å²) in [5.41, 5.74) is -0.0292. The van der Waals surface area contributed by atoms with Gasteiger partial charge in [0, 0.05) is 35.9 Å². The van der Waals surface area contributed by atoms with Crippen molar-refractivity contribution in [3.05, 3.63) is 65.5 Å². The molecule has 190 valence electrons. The first-order valence-electron chi connectivity index (χ1n) is 11.5. The number of benzene rings is 1. The van der Waals surface area contributed by atoms with Gasteiger partial charge in [-0.05, 0) is 55.2 Å². The number of phenolic OH excluding ortho intramolecular Hbond substituents is 1. The maximum absolute atomic E-state index is 12.7. The maximum atomic E-state index is 12.7. The van der Waals surface area contributed by atoms with Crippen molar-refractivity contribution in [1.29, 1.82) is 0 Å². The minimum absolute atomic E-state index is 0.00795. The molecule has 1 aromatic carbocycles. The highest BCUT2D eigenvalue weighted by Gasteiger charge is 2.80. The molecule has 3 heterocycles. The molecule has 3 aliphatic rings. The van der Waals surface area contributed by atoms with E-state index in [-0.39, 0.29) is 29.3 Å². The number of urea groups is 1. The van der Waals surface area contributed by atoms with Crippen molar-refractivity contribution in [2.75, 3.05) is 10.6 Å². The fraction of sp³-hybridized carbons (Fsp3) is 0.280. The predicted octanol–water partition coefficient (Wildman–Crippen LogP) is 4.56. The zero-order chi connectivity index (χ0) is 25.9. The molecule has 0 unspecified atom stereocenters. The number of ether oxygens (including phenoxy) is 1. The van der Waals surface area contributed by atoms with Crippen molar-refractivity contribution in [1.82, 2.24) is 15.3 Å². The van der Waals surface area contributed by atoms with Crippen LogP contribution < -0.4 is 20.7 Å². The SMILES string of the molecule is O=C1CCc2c(Oc3ccc(O)c([C@@H]4[C@@H]5C[C@@]45NC(=O)Nc4ccc(C(F)(F)F)cn4)c3)ccnc2N1. The zero-order valence-electron chi connectivity index (χ0n) is 19.1. The molecule has 9 nitrogen and oxygen atoms in total. The molecule has 2 aromatic heterocycles. The second-order valence-corrected chi connectivity index (χ2v) is 9.34. The summed E-state index contributed by atoms with van der Waals surface area (Å²) in [6.07, 6.45) is -0.769. The Balaban J connectivity index is 1.14. The number of alkyl halides is 3. The van der Waals surface area contributed by atoms with Gasteiger partial charge < -0.3 is 20.5 Å².